The molecule has 1 aromatic rings. The average Bonchev–Trinajstić information content (AvgIpc) is 2.72. The van der Waals surface area contributed by atoms with Gasteiger partial charge < -0.3 is 14.8 Å². The molecule has 0 saturated carbocycles. The molecule has 0 aromatic heterocycles. The van der Waals surface area contributed by atoms with Crippen LogP contribution in [-0.4, -0.2) is 41.5 Å². The topological polar surface area (TPSA) is 67.9 Å². The number of amides is 3. The predicted octanol–water partition coefficient (Wildman–Crippen LogP) is 2.77. The second-order valence-electron chi connectivity index (χ2n) is 6.23. The van der Waals surface area contributed by atoms with E-state index < -0.39 is 5.54 Å². The molecule has 2 aliphatic rings. The number of hydrogen-bond donors (Lipinski definition) is 1. The van der Waals surface area contributed by atoms with Crippen LogP contribution in [0, 0.1) is 0 Å². The molecule has 1 fully saturated rings. The minimum atomic E-state index is -0.818. The van der Waals surface area contributed by atoms with Crippen LogP contribution in [0.1, 0.15) is 25.0 Å². The number of thioether (sulfide) groups is 1. The highest BCUT2D eigenvalue weighted by Crippen LogP contribution is 2.33. The Kier molecular flexibility index (Phi) is 4.94. The fourth-order valence-electron chi connectivity index (χ4n) is 2.72. The number of imide groups is 1. The number of ether oxygens (including phenoxy) is 2. The van der Waals surface area contributed by atoms with Crippen LogP contribution in [0.5, 0.6) is 5.75 Å². The quantitative estimate of drug-likeness (QED) is 0.637. The van der Waals surface area contributed by atoms with Crippen molar-refractivity contribution in [2.75, 3.05) is 19.1 Å². The number of carbonyl (C=O) groups is 2. The SMILES string of the molecule is CC1(C)NC(=O)N(CCSCc2cc(Cl)cc3c2OCOC3)C1=O. The minimum absolute atomic E-state index is 0.186. The molecule has 1 aromatic carbocycles. The lowest BCUT2D eigenvalue weighted by Crippen LogP contribution is -2.40. The summed E-state index contributed by atoms with van der Waals surface area (Å²) in [5.74, 6) is 1.98. The van der Waals surface area contributed by atoms with Crippen molar-refractivity contribution in [1.82, 2.24) is 10.2 Å². The summed E-state index contributed by atoms with van der Waals surface area (Å²) in [4.78, 5) is 25.2. The Labute approximate surface area is 149 Å². The molecule has 3 rings (SSSR count). The van der Waals surface area contributed by atoms with Crippen LogP contribution in [0.25, 0.3) is 0 Å². The van der Waals surface area contributed by atoms with E-state index in [-0.39, 0.29) is 18.7 Å². The first kappa shape index (κ1) is 17.4. The summed E-state index contributed by atoms with van der Waals surface area (Å²) >= 11 is 7.77. The van der Waals surface area contributed by atoms with Gasteiger partial charge in [0.15, 0.2) is 6.79 Å². The molecular weight excluding hydrogens is 352 g/mol. The number of urea groups is 1. The van der Waals surface area contributed by atoms with E-state index in [9.17, 15) is 9.59 Å². The smallest absolute Gasteiger partial charge is 0.325 e. The van der Waals surface area contributed by atoms with Gasteiger partial charge in [0, 0.05) is 34.2 Å². The molecule has 6 nitrogen and oxygen atoms in total. The van der Waals surface area contributed by atoms with Crippen LogP contribution in [0.4, 0.5) is 4.79 Å². The van der Waals surface area contributed by atoms with Gasteiger partial charge in [0.2, 0.25) is 0 Å². The van der Waals surface area contributed by atoms with Crippen molar-refractivity contribution >= 4 is 35.3 Å². The number of carbonyl (C=O) groups excluding carboxylic acids is 2. The molecule has 2 heterocycles. The molecule has 2 aliphatic heterocycles. The summed E-state index contributed by atoms with van der Waals surface area (Å²) in [6.07, 6.45) is 0. The Morgan fingerprint density at radius 3 is 2.88 bits per heavy atom. The van der Waals surface area contributed by atoms with E-state index in [0.717, 1.165) is 16.9 Å². The van der Waals surface area contributed by atoms with Crippen LogP contribution in [0.15, 0.2) is 12.1 Å². The van der Waals surface area contributed by atoms with Gasteiger partial charge in [0.25, 0.3) is 5.91 Å². The first-order valence-electron chi connectivity index (χ1n) is 7.62. The lowest BCUT2D eigenvalue weighted by atomic mass is 10.1. The maximum absolute atomic E-state index is 12.1. The Bertz CT molecular complexity index is 680. The van der Waals surface area contributed by atoms with Crippen molar-refractivity contribution in [3.63, 3.8) is 0 Å². The molecule has 0 aliphatic carbocycles. The number of nitrogens with zero attached hydrogens (tertiary/aromatic N) is 1. The van der Waals surface area contributed by atoms with Crippen LogP contribution in [0.2, 0.25) is 5.02 Å². The van der Waals surface area contributed by atoms with Crippen molar-refractivity contribution in [3.8, 4) is 5.75 Å². The molecule has 0 atom stereocenters. The predicted molar refractivity (Wildman–Crippen MR) is 92.2 cm³/mol. The third-order valence-electron chi connectivity index (χ3n) is 3.91. The molecule has 1 N–H and O–H groups in total. The number of halogens is 1. The standard InChI is InChI=1S/C16H19ClN2O4S/c1-16(2)14(20)19(15(21)18-16)3-4-24-8-11-6-12(17)5-10-7-22-9-23-13(10)11/h5-6H,3-4,7-9H2,1-2H3,(H,18,21). The molecule has 1 saturated heterocycles. The summed E-state index contributed by atoms with van der Waals surface area (Å²) in [6.45, 7) is 4.52. The zero-order valence-corrected chi connectivity index (χ0v) is 15.1. The van der Waals surface area contributed by atoms with Gasteiger partial charge in [-0.15, -0.1) is 0 Å². The lowest BCUT2D eigenvalue weighted by molar-refractivity contribution is -0.130. The second-order valence-corrected chi connectivity index (χ2v) is 7.77. The van der Waals surface area contributed by atoms with E-state index in [2.05, 4.69) is 5.32 Å². The van der Waals surface area contributed by atoms with Gasteiger partial charge in [-0.1, -0.05) is 11.6 Å². The van der Waals surface area contributed by atoms with E-state index in [1.807, 2.05) is 12.1 Å². The van der Waals surface area contributed by atoms with Crippen molar-refractivity contribution in [2.24, 2.45) is 0 Å². The van der Waals surface area contributed by atoms with Crippen molar-refractivity contribution in [1.29, 1.82) is 0 Å². The highest BCUT2D eigenvalue weighted by atomic mass is 35.5. The first-order chi connectivity index (χ1) is 11.4. The summed E-state index contributed by atoms with van der Waals surface area (Å²) in [5.41, 5.74) is 1.13. The zero-order chi connectivity index (χ0) is 17.3. The van der Waals surface area contributed by atoms with E-state index in [0.29, 0.717) is 29.7 Å². The largest absolute Gasteiger partial charge is 0.467 e. The molecule has 8 heteroatoms. The van der Waals surface area contributed by atoms with Crippen LogP contribution >= 0.6 is 23.4 Å². The molecule has 130 valence electrons. The highest BCUT2D eigenvalue weighted by Gasteiger charge is 2.43. The zero-order valence-electron chi connectivity index (χ0n) is 13.6. The first-order valence-corrected chi connectivity index (χ1v) is 9.15. The Morgan fingerprint density at radius 2 is 2.17 bits per heavy atom. The Hall–Kier alpha value is -1.44. The number of nitrogens with one attached hydrogen (secondary N) is 1. The van der Waals surface area contributed by atoms with E-state index in [1.165, 1.54) is 4.90 Å². The summed E-state index contributed by atoms with van der Waals surface area (Å²) in [7, 11) is 0. The molecule has 0 bridgehead atoms. The molecule has 3 amide bonds. The normalized spacial score (nSPS) is 19.0. The van der Waals surface area contributed by atoms with E-state index >= 15 is 0 Å². The summed E-state index contributed by atoms with van der Waals surface area (Å²) < 4.78 is 10.8. The monoisotopic (exact) mass is 370 g/mol. The van der Waals surface area contributed by atoms with Crippen LogP contribution in [-0.2, 0) is 21.9 Å². The molecular formula is C16H19ClN2O4S. The summed E-state index contributed by atoms with van der Waals surface area (Å²) in [6, 6.07) is 3.40. The lowest BCUT2D eigenvalue weighted by Gasteiger charge is -2.21. The average molecular weight is 371 g/mol. The molecule has 24 heavy (non-hydrogen) atoms. The fraction of sp³-hybridized carbons (Fsp3) is 0.500. The maximum atomic E-state index is 12.1. The van der Waals surface area contributed by atoms with E-state index in [1.54, 1.807) is 25.6 Å². The number of hydrogen-bond acceptors (Lipinski definition) is 5. The molecule has 0 unspecified atom stereocenters. The third-order valence-corrected chi connectivity index (χ3v) is 5.12. The van der Waals surface area contributed by atoms with Gasteiger partial charge in [0.05, 0.1) is 6.61 Å². The third kappa shape index (κ3) is 3.48. The van der Waals surface area contributed by atoms with Gasteiger partial charge in [0.1, 0.15) is 11.3 Å². The van der Waals surface area contributed by atoms with Gasteiger partial charge in [-0.25, -0.2) is 4.79 Å². The van der Waals surface area contributed by atoms with Gasteiger partial charge in [-0.3, -0.25) is 9.69 Å². The number of rotatable bonds is 5. The van der Waals surface area contributed by atoms with Gasteiger partial charge >= 0.3 is 6.03 Å². The molecule has 0 radical (unpaired) electrons. The number of fused-ring (bicyclic) bond motifs is 1. The van der Waals surface area contributed by atoms with Gasteiger partial charge in [-0.05, 0) is 26.0 Å². The van der Waals surface area contributed by atoms with Crippen molar-refractivity contribution < 1.29 is 19.1 Å². The second kappa shape index (κ2) is 6.82. The van der Waals surface area contributed by atoms with Crippen LogP contribution in [0.3, 0.4) is 0 Å². The van der Waals surface area contributed by atoms with Crippen molar-refractivity contribution in [2.45, 2.75) is 31.7 Å². The molecule has 0 spiro atoms. The van der Waals surface area contributed by atoms with Gasteiger partial charge in [-0.2, -0.15) is 11.8 Å². The highest BCUT2D eigenvalue weighted by molar-refractivity contribution is 7.98. The Balaban J connectivity index is 1.57. The summed E-state index contributed by atoms with van der Waals surface area (Å²) in [5, 5.41) is 3.32. The Morgan fingerprint density at radius 1 is 1.38 bits per heavy atom. The van der Waals surface area contributed by atoms with E-state index in [4.69, 9.17) is 21.1 Å². The van der Waals surface area contributed by atoms with Crippen LogP contribution < -0.4 is 10.1 Å². The van der Waals surface area contributed by atoms with Crippen molar-refractivity contribution in [3.05, 3.63) is 28.3 Å². The number of benzene rings is 1. The minimum Gasteiger partial charge on any atom is -0.467 e. The fourth-order valence-corrected chi connectivity index (χ4v) is 3.88. The maximum Gasteiger partial charge on any atom is 0.325 e.